The number of rotatable bonds is 1. The van der Waals surface area contributed by atoms with Crippen LogP contribution in [0, 0.1) is 5.92 Å². The third kappa shape index (κ3) is 1.58. The zero-order chi connectivity index (χ0) is 10.1. The van der Waals surface area contributed by atoms with Crippen LogP contribution in [0.25, 0.3) is 0 Å². The van der Waals surface area contributed by atoms with Crippen molar-refractivity contribution in [2.24, 2.45) is 5.92 Å². The van der Waals surface area contributed by atoms with E-state index in [1.165, 1.54) is 12.8 Å². The highest BCUT2D eigenvalue weighted by Crippen LogP contribution is 2.41. The van der Waals surface area contributed by atoms with E-state index in [-0.39, 0.29) is 0 Å². The van der Waals surface area contributed by atoms with Crippen LogP contribution in [0.1, 0.15) is 56.6 Å². The topological polar surface area (TPSA) is 0 Å². The SMILES string of the molecule is CC1CCC(C(C)C)c2ccccc21. The van der Waals surface area contributed by atoms with Gasteiger partial charge in [0.05, 0.1) is 0 Å². The first kappa shape index (κ1) is 9.76. The van der Waals surface area contributed by atoms with Crippen molar-refractivity contribution in [2.45, 2.75) is 45.4 Å². The quantitative estimate of drug-likeness (QED) is 0.615. The molecule has 14 heavy (non-hydrogen) atoms. The van der Waals surface area contributed by atoms with Crippen molar-refractivity contribution in [3.8, 4) is 0 Å². The molecule has 0 spiro atoms. The van der Waals surface area contributed by atoms with Crippen LogP contribution in [-0.4, -0.2) is 0 Å². The Balaban J connectivity index is 2.41. The molecule has 0 saturated carbocycles. The second kappa shape index (κ2) is 3.76. The maximum atomic E-state index is 2.36. The predicted octanol–water partition coefficient (Wildman–Crippen LogP) is 4.32. The van der Waals surface area contributed by atoms with Crippen molar-refractivity contribution >= 4 is 0 Å². The first-order valence-electron chi connectivity index (χ1n) is 5.79. The fraction of sp³-hybridized carbons (Fsp3) is 0.571. The van der Waals surface area contributed by atoms with E-state index in [9.17, 15) is 0 Å². The number of benzene rings is 1. The van der Waals surface area contributed by atoms with Gasteiger partial charge in [-0.15, -0.1) is 0 Å². The molecule has 0 nitrogen and oxygen atoms in total. The minimum absolute atomic E-state index is 0.765. The van der Waals surface area contributed by atoms with Crippen LogP contribution in [0.5, 0.6) is 0 Å². The molecule has 76 valence electrons. The maximum absolute atomic E-state index is 2.36. The Hall–Kier alpha value is -0.780. The monoisotopic (exact) mass is 188 g/mol. The van der Waals surface area contributed by atoms with Crippen LogP contribution >= 0.6 is 0 Å². The molecule has 2 unspecified atom stereocenters. The van der Waals surface area contributed by atoms with Crippen LogP contribution in [0.15, 0.2) is 24.3 Å². The van der Waals surface area contributed by atoms with Crippen LogP contribution in [0.2, 0.25) is 0 Å². The van der Waals surface area contributed by atoms with Gasteiger partial charge in [0.15, 0.2) is 0 Å². The summed E-state index contributed by atoms with van der Waals surface area (Å²) in [7, 11) is 0. The molecular weight excluding hydrogens is 168 g/mol. The molecule has 0 heteroatoms. The third-order valence-electron chi connectivity index (χ3n) is 3.64. The van der Waals surface area contributed by atoms with E-state index in [0.29, 0.717) is 0 Å². The number of hydrogen-bond donors (Lipinski definition) is 0. The summed E-state index contributed by atoms with van der Waals surface area (Å²) in [6.45, 7) is 7.05. The van der Waals surface area contributed by atoms with Crippen molar-refractivity contribution in [3.05, 3.63) is 35.4 Å². The van der Waals surface area contributed by atoms with E-state index in [4.69, 9.17) is 0 Å². The molecule has 0 amide bonds. The molecule has 1 aromatic rings. The normalized spacial score (nSPS) is 26.3. The average molecular weight is 188 g/mol. The molecule has 1 aromatic carbocycles. The molecule has 0 radical (unpaired) electrons. The van der Waals surface area contributed by atoms with E-state index < -0.39 is 0 Å². The largest absolute Gasteiger partial charge is 0.0622 e. The summed E-state index contributed by atoms with van der Waals surface area (Å²) >= 11 is 0. The summed E-state index contributed by atoms with van der Waals surface area (Å²) < 4.78 is 0. The molecule has 2 atom stereocenters. The summed E-state index contributed by atoms with van der Waals surface area (Å²) in [6.07, 6.45) is 2.73. The van der Waals surface area contributed by atoms with Crippen molar-refractivity contribution in [3.63, 3.8) is 0 Å². The lowest BCUT2D eigenvalue weighted by atomic mass is 9.73. The molecule has 0 saturated heterocycles. The highest BCUT2D eigenvalue weighted by Gasteiger charge is 2.25. The molecular formula is C14H20. The molecule has 0 aromatic heterocycles. The van der Waals surface area contributed by atoms with Crippen LogP contribution in [-0.2, 0) is 0 Å². The van der Waals surface area contributed by atoms with Crippen LogP contribution < -0.4 is 0 Å². The lowest BCUT2D eigenvalue weighted by Gasteiger charge is -2.32. The maximum Gasteiger partial charge on any atom is -0.0136 e. The van der Waals surface area contributed by atoms with Gasteiger partial charge in [-0.1, -0.05) is 45.0 Å². The third-order valence-corrected chi connectivity index (χ3v) is 3.64. The molecule has 0 N–H and O–H groups in total. The summed E-state index contributed by atoms with van der Waals surface area (Å²) in [5, 5.41) is 0. The molecule has 2 rings (SSSR count). The van der Waals surface area contributed by atoms with Crippen molar-refractivity contribution in [1.29, 1.82) is 0 Å². The van der Waals surface area contributed by atoms with Gasteiger partial charge >= 0.3 is 0 Å². The average Bonchev–Trinajstić information content (AvgIpc) is 2.18. The molecule has 1 aliphatic rings. The van der Waals surface area contributed by atoms with E-state index >= 15 is 0 Å². The minimum atomic E-state index is 0.765. The van der Waals surface area contributed by atoms with Gasteiger partial charge in [0.2, 0.25) is 0 Å². The van der Waals surface area contributed by atoms with E-state index in [2.05, 4.69) is 45.0 Å². The Morgan fingerprint density at radius 2 is 1.71 bits per heavy atom. The first-order valence-corrected chi connectivity index (χ1v) is 5.79. The summed E-state index contributed by atoms with van der Waals surface area (Å²) in [4.78, 5) is 0. The Kier molecular flexibility index (Phi) is 2.62. The van der Waals surface area contributed by atoms with Crippen molar-refractivity contribution in [2.75, 3.05) is 0 Å². The van der Waals surface area contributed by atoms with Crippen LogP contribution in [0.3, 0.4) is 0 Å². The van der Waals surface area contributed by atoms with Gasteiger partial charge in [-0.2, -0.15) is 0 Å². The van der Waals surface area contributed by atoms with Crippen molar-refractivity contribution < 1.29 is 0 Å². The van der Waals surface area contributed by atoms with Crippen molar-refractivity contribution in [1.82, 2.24) is 0 Å². The zero-order valence-corrected chi connectivity index (χ0v) is 9.46. The molecule has 0 aliphatic heterocycles. The Morgan fingerprint density at radius 1 is 1.07 bits per heavy atom. The summed E-state index contributed by atoms with van der Waals surface area (Å²) in [6, 6.07) is 9.01. The van der Waals surface area contributed by atoms with Crippen LogP contribution in [0.4, 0.5) is 0 Å². The number of fused-ring (bicyclic) bond motifs is 1. The minimum Gasteiger partial charge on any atom is -0.0622 e. The number of hydrogen-bond acceptors (Lipinski definition) is 0. The fourth-order valence-electron chi connectivity index (χ4n) is 2.73. The van der Waals surface area contributed by atoms with E-state index in [0.717, 1.165) is 17.8 Å². The molecule has 0 fully saturated rings. The highest BCUT2D eigenvalue weighted by molar-refractivity contribution is 5.35. The van der Waals surface area contributed by atoms with E-state index in [1.807, 2.05) is 0 Å². The van der Waals surface area contributed by atoms with Gasteiger partial charge in [0.25, 0.3) is 0 Å². The smallest absolute Gasteiger partial charge is 0.0136 e. The van der Waals surface area contributed by atoms with Gasteiger partial charge in [0.1, 0.15) is 0 Å². The fourth-order valence-corrected chi connectivity index (χ4v) is 2.73. The standard InChI is InChI=1S/C14H20/c1-10(2)12-9-8-11(3)13-6-4-5-7-14(12)13/h4-7,10-12H,8-9H2,1-3H3. The van der Waals surface area contributed by atoms with E-state index in [1.54, 1.807) is 11.1 Å². The highest BCUT2D eigenvalue weighted by atomic mass is 14.3. The molecule has 1 aliphatic carbocycles. The van der Waals surface area contributed by atoms with Gasteiger partial charge in [-0.25, -0.2) is 0 Å². The Morgan fingerprint density at radius 3 is 2.36 bits per heavy atom. The Labute approximate surface area is 87.3 Å². The predicted molar refractivity (Wildman–Crippen MR) is 61.7 cm³/mol. The van der Waals surface area contributed by atoms with Gasteiger partial charge < -0.3 is 0 Å². The van der Waals surface area contributed by atoms with Gasteiger partial charge in [-0.3, -0.25) is 0 Å². The van der Waals surface area contributed by atoms with Gasteiger partial charge in [-0.05, 0) is 41.7 Å². The Bertz CT molecular complexity index is 312. The molecule has 0 heterocycles. The summed E-state index contributed by atoms with van der Waals surface area (Å²) in [5.74, 6) is 2.34. The molecule has 0 bridgehead atoms. The first-order chi connectivity index (χ1) is 6.70. The second-order valence-electron chi connectivity index (χ2n) is 4.96. The summed E-state index contributed by atoms with van der Waals surface area (Å²) in [5.41, 5.74) is 3.21. The second-order valence-corrected chi connectivity index (χ2v) is 4.96. The lowest BCUT2D eigenvalue weighted by molar-refractivity contribution is 0.410. The lowest BCUT2D eigenvalue weighted by Crippen LogP contribution is -2.16. The zero-order valence-electron chi connectivity index (χ0n) is 9.46. The van der Waals surface area contributed by atoms with Gasteiger partial charge in [0, 0.05) is 0 Å².